The lowest BCUT2D eigenvalue weighted by Crippen LogP contribution is -2.18. The van der Waals surface area contributed by atoms with E-state index in [0.29, 0.717) is 16.3 Å². The lowest BCUT2D eigenvalue weighted by atomic mass is 9.95. The van der Waals surface area contributed by atoms with Gasteiger partial charge in [0.15, 0.2) is 4.77 Å². The molecule has 0 aliphatic heterocycles. The second kappa shape index (κ2) is 8.60. The predicted octanol–water partition coefficient (Wildman–Crippen LogP) is 4.39. The summed E-state index contributed by atoms with van der Waals surface area (Å²) in [5.41, 5.74) is 2.42. The average Bonchev–Trinajstić information content (AvgIpc) is 3.11. The number of aliphatic imine (C=N–C) groups is 1. The van der Waals surface area contributed by atoms with Crippen LogP contribution in [0, 0.1) is 11.7 Å². The summed E-state index contributed by atoms with van der Waals surface area (Å²) in [7, 11) is 1.34. The minimum Gasteiger partial charge on any atom is -0.494 e. The number of nitrogens with one attached hydrogen (secondary N) is 1. The van der Waals surface area contributed by atoms with Crippen molar-refractivity contribution in [3.05, 3.63) is 66.5 Å². The van der Waals surface area contributed by atoms with Crippen LogP contribution in [-0.4, -0.2) is 34.0 Å². The third-order valence-electron chi connectivity index (χ3n) is 5.23. The molecule has 0 bridgehead atoms. The van der Waals surface area contributed by atoms with Crippen molar-refractivity contribution in [1.29, 1.82) is 0 Å². The summed E-state index contributed by atoms with van der Waals surface area (Å²) in [5.74, 6) is -0.760. The van der Waals surface area contributed by atoms with Crippen LogP contribution in [0.4, 0.5) is 5.00 Å². The number of benzene rings is 1. The molecule has 1 aliphatic rings. The lowest BCUT2D eigenvalue weighted by molar-refractivity contribution is 0.0601. The zero-order valence-electron chi connectivity index (χ0n) is 17.1. The molecular weight excluding hydrogens is 434 g/mol. The van der Waals surface area contributed by atoms with Gasteiger partial charge in [-0.05, 0) is 68.1 Å². The molecule has 0 fully saturated rings. The highest BCUT2D eigenvalue weighted by Gasteiger charge is 2.26. The van der Waals surface area contributed by atoms with Gasteiger partial charge in [-0.25, -0.2) is 9.79 Å². The monoisotopic (exact) mass is 455 g/mol. The van der Waals surface area contributed by atoms with Crippen LogP contribution in [0.15, 0.2) is 34.1 Å². The maximum Gasteiger partial charge on any atom is 0.341 e. The number of carbonyl (C=O) groups is 1. The fourth-order valence-electron chi connectivity index (χ4n) is 3.74. The number of esters is 1. The topological polar surface area (TPSA) is 96.7 Å². The average molecular weight is 456 g/mol. The van der Waals surface area contributed by atoms with Gasteiger partial charge in [-0.15, -0.1) is 11.3 Å². The zero-order valence-corrected chi connectivity index (χ0v) is 18.7. The van der Waals surface area contributed by atoms with Gasteiger partial charge in [0, 0.05) is 11.1 Å². The van der Waals surface area contributed by atoms with E-state index in [-0.39, 0.29) is 16.2 Å². The summed E-state index contributed by atoms with van der Waals surface area (Å²) >= 11 is 6.69. The largest absolute Gasteiger partial charge is 0.494 e. The molecule has 160 valence electrons. The van der Waals surface area contributed by atoms with Crippen LogP contribution in [0.25, 0.3) is 5.69 Å². The molecule has 1 aliphatic carbocycles. The van der Waals surface area contributed by atoms with Crippen molar-refractivity contribution in [3.8, 4) is 11.6 Å². The molecule has 0 radical (unpaired) electrons. The van der Waals surface area contributed by atoms with Crippen molar-refractivity contribution in [3.63, 3.8) is 0 Å². The first-order valence-electron chi connectivity index (χ1n) is 9.83. The fourth-order valence-corrected chi connectivity index (χ4v) is 5.25. The van der Waals surface area contributed by atoms with Crippen LogP contribution in [0.2, 0.25) is 0 Å². The maximum absolute atomic E-state index is 12.5. The number of aryl methyl sites for hydroxylation is 2. The van der Waals surface area contributed by atoms with E-state index in [1.165, 1.54) is 29.2 Å². The molecule has 0 saturated heterocycles. The number of hydrogen-bond acceptors (Lipinski definition) is 7. The number of aromatic nitrogens is 2. The summed E-state index contributed by atoms with van der Waals surface area (Å²) in [6.07, 6.45) is 5.04. The van der Waals surface area contributed by atoms with E-state index in [9.17, 15) is 14.7 Å². The molecule has 0 saturated carbocycles. The van der Waals surface area contributed by atoms with Crippen LogP contribution in [0.3, 0.4) is 0 Å². The van der Waals surface area contributed by atoms with Crippen molar-refractivity contribution >= 4 is 40.7 Å². The molecular formula is C22H21N3O4S2. The second-order valence-corrected chi connectivity index (χ2v) is 8.78. The summed E-state index contributed by atoms with van der Waals surface area (Å²) in [4.78, 5) is 33.1. The van der Waals surface area contributed by atoms with Gasteiger partial charge in [0.05, 0.1) is 18.4 Å². The molecule has 4 rings (SSSR count). The summed E-state index contributed by atoms with van der Waals surface area (Å²) < 4.78 is 6.42. The van der Waals surface area contributed by atoms with Crippen LogP contribution in [0.1, 0.15) is 44.8 Å². The highest BCUT2D eigenvalue weighted by atomic mass is 32.1. The number of H-pyrrole nitrogens is 1. The van der Waals surface area contributed by atoms with Gasteiger partial charge in [0.1, 0.15) is 10.6 Å². The number of hydrogen-bond donors (Lipinski definition) is 2. The Bertz CT molecular complexity index is 1320. The maximum atomic E-state index is 12.5. The normalized spacial score (nSPS) is 13.4. The quantitative estimate of drug-likeness (QED) is 0.346. The number of ether oxygens (including phenoxy) is 1. The molecule has 0 unspecified atom stereocenters. The Balaban J connectivity index is 1.83. The first-order chi connectivity index (χ1) is 14.9. The molecule has 1 aromatic carbocycles. The third-order valence-corrected chi connectivity index (χ3v) is 6.72. The fraction of sp³-hybridized carbons (Fsp3) is 0.273. The second-order valence-electron chi connectivity index (χ2n) is 7.31. The van der Waals surface area contributed by atoms with E-state index in [2.05, 4.69) is 9.98 Å². The summed E-state index contributed by atoms with van der Waals surface area (Å²) in [5, 5.41) is 11.3. The van der Waals surface area contributed by atoms with Gasteiger partial charge in [0.25, 0.3) is 5.56 Å². The Labute approximate surface area is 187 Å². The first kappa shape index (κ1) is 21.2. The molecule has 0 amide bonds. The minimum absolute atomic E-state index is 0.0442. The molecule has 2 N–H and O–H groups in total. The predicted molar refractivity (Wildman–Crippen MR) is 123 cm³/mol. The van der Waals surface area contributed by atoms with E-state index >= 15 is 0 Å². The summed E-state index contributed by atoms with van der Waals surface area (Å²) in [6.45, 7) is 1.92. The Morgan fingerprint density at radius 1 is 1.35 bits per heavy atom. The minimum atomic E-state index is -0.559. The highest BCUT2D eigenvalue weighted by Crippen LogP contribution is 2.40. The Hall–Kier alpha value is -3.04. The molecule has 31 heavy (non-hydrogen) atoms. The highest BCUT2D eigenvalue weighted by molar-refractivity contribution is 7.71. The number of aromatic hydroxyl groups is 1. The first-order valence-corrected chi connectivity index (χ1v) is 11.1. The lowest BCUT2D eigenvalue weighted by Gasteiger charge is -2.12. The van der Waals surface area contributed by atoms with Crippen LogP contribution in [0.5, 0.6) is 5.88 Å². The van der Waals surface area contributed by atoms with Gasteiger partial charge < -0.3 is 9.84 Å². The Kier molecular flexibility index (Phi) is 5.88. The van der Waals surface area contributed by atoms with Gasteiger partial charge in [0.2, 0.25) is 5.88 Å². The number of carbonyl (C=O) groups excluding carboxylic acids is 1. The molecule has 3 aromatic rings. The smallest absolute Gasteiger partial charge is 0.341 e. The van der Waals surface area contributed by atoms with Crippen molar-refractivity contribution < 1.29 is 14.6 Å². The number of aromatic amines is 1. The van der Waals surface area contributed by atoms with Crippen LogP contribution in [-0.2, 0) is 17.6 Å². The number of rotatable bonds is 4. The van der Waals surface area contributed by atoms with Gasteiger partial charge in [-0.2, -0.15) is 0 Å². The Morgan fingerprint density at radius 2 is 2.13 bits per heavy atom. The number of thiophene rings is 1. The van der Waals surface area contributed by atoms with Gasteiger partial charge >= 0.3 is 5.97 Å². The van der Waals surface area contributed by atoms with E-state index in [1.54, 1.807) is 6.07 Å². The van der Waals surface area contributed by atoms with Crippen LogP contribution >= 0.6 is 23.6 Å². The molecule has 2 heterocycles. The van der Waals surface area contributed by atoms with Crippen molar-refractivity contribution in [1.82, 2.24) is 9.55 Å². The van der Waals surface area contributed by atoms with E-state index in [1.807, 2.05) is 25.1 Å². The van der Waals surface area contributed by atoms with Gasteiger partial charge in [-0.1, -0.05) is 12.1 Å². The zero-order chi connectivity index (χ0) is 22.1. The molecule has 2 aromatic heterocycles. The molecule has 0 atom stereocenters. The standard InChI is InChI=1S/C22H21N3O4S2/c1-12-6-5-7-13(10-12)25-20(27)15(18(26)24-22(25)30)11-23-19-17(21(28)29-2)14-8-3-4-9-16(14)31-19/h5-7,10-11,27H,3-4,8-9H2,1-2H3,(H,24,26,30)/b23-11+. The number of nitrogens with zero attached hydrogens (tertiary/aromatic N) is 2. The van der Waals surface area contributed by atoms with E-state index in [0.717, 1.165) is 41.7 Å². The van der Waals surface area contributed by atoms with Crippen LogP contribution < -0.4 is 5.56 Å². The van der Waals surface area contributed by atoms with Gasteiger partial charge in [-0.3, -0.25) is 14.3 Å². The molecule has 0 spiro atoms. The molecule has 7 nitrogen and oxygen atoms in total. The molecule has 9 heteroatoms. The van der Waals surface area contributed by atoms with E-state index < -0.39 is 11.5 Å². The van der Waals surface area contributed by atoms with E-state index in [4.69, 9.17) is 17.0 Å². The Morgan fingerprint density at radius 3 is 2.87 bits per heavy atom. The van der Waals surface area contributed by atoms with Crippen molar-refractivity contribution in [2.45, 2.75) is 32.6 Å². The number of fused-ring (bicyclic) bond motifs is 1. The SMILES string of the molecule is COC(=O)c1c(/N=C/c2c(O)n(-c3cccc(C)c3)c(=S)[nH]c2=O)sc2c1CCCC2. The van der Waals surface area contributed by atoms with Crippen molar-refractivity contribution in [2.24, 2.45) is 4.99 Å². The number of methoxy groups -OCH3 is 1. The van der Waals surface area contributed by atoms with Crippen molar-refractivity contribution in [2.75, 3.05) is 7.11 Å². The summed E-state index contributed by atoms with van der Waals surface area (Å²) in [6, 6.07) is 7.39. The third kappa shape index (κ3) is 3.98.